The van der Waals surface area contributed by atoms with Gasteiger partial charge in [0, 0.05) is 11.6 Å². The third-order valence-electron chi connectivity index (χ3n) is 1.74. The molecule has 56 valence electrons. The van der Waals surface area contributed by atoms with E-state index in [0.29, 0.717) is 5.69 Å². The normalized spacial score (nSPS) is 9.58. The first kappa shape index (κ1) is 6.81. The van der Waals surface area contributed by atoms with E-state index in [1.54, 1.807) is 12.3 Å². The van der Waals surface area contributed by atoms with E-state index in [-0.39, 0.29) is 0 Å². The molecule has 2 heteroatoms. The second-order valence-corrected chi connectivity index (χ2v) is 2.46. The lowest BCUT2D eigenvalue weighted by molar-refractivity contribution is 1.42. The maximum Gasteiger partial charge on any atom is 0.196 e. The predicted octanol–water partition coefficient (Wildman–Crippen LogP) is 2.79. The molecule has 12 heavy (non-hydrogen) atoms. The molecular weight excluding hydrogens is 148 g/mol. The summed E-state index contributed by atoms with van der Waals surface area (Å²) in [6, 6.07) is 9.32. The van der Waals surface area contributed by atoms with Crippen molar-refractivity contribution >= 4 is 16.6 Å². The standard InChI is InChI=1S/C10H6N2/c1-11-9-5-2-6-10-8(9)4-3-7-12-10/h2-7H. The fourth-order valence-electron chi connectivity index (χ4n) is 1.18. The molecule has 0 aliphatic heterocycles. The Morgan fingerprint density at radius 1 is 1.17 bits per heavy atom. The largest absolute Gasteiger partial charge is 0.258 e. The number of rotatable bonds is 0. The molecule has 0 spiro atoms. The molecule has 0 fully saturated rings. The smallest absolute Gasteiger partial charge is 0.196 e. The molecule has 0 unspecified atom stereocenters. The molecule has 1 aromatic carbocycles. The highest BCUT2D eigenvalue weighted by atomic mass is 14.7. The van der Waals surface area contributed by atoms with Gasteiger partial charge >= 0.3 is 0 Å². The van der Waals surface area contributed by atoms with Crippen LogP contribution in [0.4, 0.5) is 5.69 Å². The Labute approximate surface area is 70.3 Å². The van der Waals surface area contributed by atoms with Crippen LogP contribution in [0.3, 0.4) is 0 Å². The maximum absolute atomic E-state index is 6.92. The number of fused-ring (bicyclic) bond motifs is 1. The van der Waals surface area contributed by atoms with E-state index in [1.165, 1.54) is 0 Å². The zero-order chi connectivity index (χ0) is 8.39. The molecule has 0 saturated heterocycles. The van der Waals surface area contributed by atoms with Crippen molar-refractivity contribution in [1.82, 2.24) is 4.98 Å². The molecule has 0 saturated carbocycles. The van der Waals surface area contributed by atoms with Crippen LogP contribution >= 0.6 is 0 Å². The van der Waals surface area contributed by atoms with Crippen molar-refractivity contribution in [2.45, 2.75) is 0 Å². The lowest BCUT2D eigenvalue weighted by atomic mass is 10.2. The first-order valence-corrected chi connectivity index (χ1v) is 3.63. The Morgan fingerprint density at radius 3 is 2.92 bits per heavy atom. The Morgan fingerprint density at radius 2 is 2.08 bits per heavy atom. The fourth-order valence-corrected chi connectivity index (χ4v) is 1.18. The van der Waals surface area contributed by atoms with Crippen molar-refractivity contribution in [3.63, 3.8) is 0 Å². The molecule has 0 aliphatic rings. The van der Waals surface area contributed by atoms with Gasteiger partial charge in [0.2, 0.25) is 0 Å². The minimum absolute atomic E-state index is 0.667. The summed E-state index contributed by atoms with van der Waals surface area (Å²) < 4.78 is 0. The molecule has 0 radical (unpaired) electrons. The van der Waals surface area contributed by atoms with Crippen LogP contribution in [-0.2, 0) is 0 Å². The first-order valence-electron chi connectivity index (χ1n) is 3.63. The molecule has 1 heterocycles. The van der Waals surface area contributed by atoms with Gasteiger partial charge in [0.1, 0.15) is 0 Å². The second-order valence-electron chi connectivity index (χ2n) is 2.46. The minimum atomic E-state index is 0.667. The average Bonchev–Trinajstić information content (AvgIpc) is 2.17. The summed E-state index contributed by atoms with van der Waals surface area (Å²) in [5.74, 6) is 0. The van der Waals surface area contributed by atoms with Gasteiger partial charge < -0.3 is 0 Å². The molecular formula is C10H6N2. The Kier molecular flexibility index (Phi) is 1.49. The van der Waals surface area contributed by atoms with Crippen molar-refractivity contribution in [2.75, 3.05) is 0 Å². The van der Waals surface area contributed by atoms with Crippen LogP contribution in [0, 0.1) is 6.57 Å². The number of hydrogen-bond acceptors (Lipinski definition) is 1. The molecule has 2 nitrogen and oxygen atoms in total. The number of hydrogen-bond donors (Lipinski definition) is 0. The van der Waals surface area contributed by atoms with Crippen LogP contribution in [0.2, 0.25) is 0 Å². The van der Waals surface area contributed by atoms with E-state index in [0.717, 1.165) is 10.9 Å². The van der Waals surface area contributed by atoms with Crippen LogP contribution in [0.25, 0.3) is 15.7 Å². The quantitative estimate of drug-likeness (QED) is 0.533. The van der Waals surface area contributed by atoms with Crippen molar-refractivity contribution in [3.8, 4) is 0 Å². The van der Waals surface area contributed by atoms with Gasteiger partial charge in [-0.05, 0) is 12.1 Å². The SMILES string of the molecule is [C-]#[N+]c1cccc2ncccc12. The summed E-state index contributed by atoms with van der Waals surface area (Å²) in [5, 5.41) is 0.926. The second kappa shape index (κ2) is 2.63. The topological polar surface area (TPSA) is 17.2 Å². The molecule has 2 rings (SSSR count). The third kappa shape index (κ3) is 0.923. The highest BCUT2D eigenvalue weighted by molar-refractivity contribution is 5.91. The zero-order valence-electron chi connectivity index (χ0n) is 6.36. The molecule has 0 N–H and O–H groups in total. The van der Waals surface area contributed by atoms with Crippen molar-refractivity contribution in [1.29, 1.82) is 0 Å². The summed E-state index contributed by atoms with van der Waals surface area (Å²) in [7, 11) is 0. The Hall–Kier alpha value is -1.88. The lowest BCUT2D eigenvalue weighted by Crippen LogP contribution is -1.75. The van der Waals surface area contributed by atoms with Gasteiger partial charge in [0.15, 0.2) is 5.69 Å². The van der Waals surface area contributed by atoms with Gasteiger partial charge in [0.25, 0.3) is 0 Å². The van der Waals surface area contributed by atoms with Gasteiger partial charge in [-0.1, -0.05) is 18.2 Å². The summed E-state index contributed by atoms with van der Waals surface area (Å²) in [5.41, 5.74) is 1.55. The number of nitrogens with zero attached hydrogens (tertiary/aromatic N) is 2. The van der Waals surface area contributed by atoms with Gasteiger partial charge in [-0.25, -0.2) is 4.85 Å². The summed E-state index contributed by atoms with van der Waals surface area (Å²) in [4.78, 5) is 7.56. The monoisotopic (exact) mass is 154 g/mol. The van der Waals surface area contributed by atoms with Crippen molar-refractivity contribution < 1.29 is 0 Å². The third-order valence-corrected chi connectivity index (χ3v) is 1.74. The molecule has 0 atom stereocenters. The molecule has 2 aromatic rings. The van der Waals surface area contributed by atoms with E-state index in [2.05, 4.69) is 9.83 Å². The van der Waals surface area contributed by atoms with E-state index >= 15 is 0 Å². The van der Waals surface area contributed by atoms with E-state index < -0.39 is 0 Å². The van der Waals surface area contributed by atoms with E-state index in [9.17, 15) is 0 Å². The summed E-state index contributed by atoms with van der Waals surface area (Å²) in [6.07, 6.45) is 1.73. The maximum atomic E-state index is 6.92. The van der Waals surface area contributed by atoms with Crippen molar-refractivity contribution in [2.24, 2.45) is 0 Å². The van der Waals surface area contributed by atoms with Crippen LogP contribution in [0.15, 0.2) is 36.5 Å². The number of pyridine rings is 1. The lowest BCUT2D eigenvalue weighted by Gasteiger charge is -1.96. The zero-order valence-corrected chi connectivity index (χ0v) is 6.36. The van der Waals surface area contributed by atoms with Crippen LogP contribution in [0.5, 0.6) is 0 Å². The van der Waals surface area contributed by atoms with Gasteiger partial charge in [0.05, 0.1) is 12.1 Å². The van der Waals surface area contributed by atoms with Crippen molar-refractivity contribution in [3.05, 3.63) is 47.9 Å². The van der Waals surface area contributed by atoms with E-state index in [4.69, 9.17) is 6.57 Å². The molecule has 0 bridgehead atoms. The Bertz CT molecular complexity index is 449. The summed E-state index contributed by atoms with van der Waals surface area (Å²) in [6.45, 7) is 6.92. The van der Waals surface area contributed by atoms with Crippen LogP contribution in [-0.4, -0.2) is 4.98 Å². The van der Waals surface area contributed by atoms with E-state index in [1.807, 2.05) is 24.3 Å². The Balaban J connectivity index is 2.91. The number of benzene rings is 1. The molecule has 1 aromatic heterocycles. The van der Waals surface area contributed by atoms with Crippen LogP contribution in [0.1, 0.15) is 0 Å². The summed E-state index contributed by atoms with van der Waals surface area (Å²) >= 11 is 0. The van der Waals surface area contributed by atoms with Crippen LogP contribution < -0.4 is 0 Å². The molecule has 0 aliphatic carbocycles. The predicted molar refractivity (Wildman–Crippen MR) is 48.0 cm³/mol. The minimum Gasteiger partial charge on any atom is -0.258 e. The first-order chi connectivity index (χ1) is 5.92. The van der Waals surface area contributed by atoms with Gasteiger partial charge in [-0.3, -0.25) is 4.98 Å². The van der Waals surface area contributed by atoms with Gasteiger partial charge in [-0.2, -0.15) is 0 Å². The average molecular weight is 154 g/mol. The number of aromatic nitrogens is 1. The highest BCUT2D eigenvalue weighted by Crippen LogP contribution is 2.23. The fraction of sp³-hybridized carbons (Fsp3) is 0. The molecule has 0 amide bonds. The van der Waals surface area contributed by atoms with Gasteiger partial charge in [-0.15, -0.1) is 0 Å². The highest BCUT2D eigenvalue weighted by Gasteiger charge is 1.97.